The summed E-state index contributed by atoms with van der Waals surface area (Å²) in [4.78, 5) is 0. The van der Waals surface area contributed by atoms with Crippen LogP contribution in [0.4, 0.5) is 0 Å². The lowest BCUT2D eigenvalue weighted by Crippen LogP contribution is -2.52. The van der Waals surface area contributed by atoms with Crippen LogP contribution in [0.15, 0.2) is 0 Å². The lowest BCUT2D eigenvalue weighted by Gasteiger charge is -2.36. The normalized spacial score (nSPS) is 30.2. The van der Waals surface area contributed by atoms with Crippen LogP contribution in [0.25, 0.3) is 0 Å². The van der Waals surface area contributed by atoms with Gasteiger partial charge in [-0.15, -0.1) is 0 Å². The lowest BCUT2D eigenvalue weighted by molar-refractivity contribution is 0.0247. The Balaban J connectivity index is 2.35. The molecule has 0 aliphatic carbocycles. The van der Waals surface area contributed by atoms with Crippen molar-refractivity contribution in [3.63, 3.8) is 0 Å². The second kappa shape index (κ2) is 13.9. The molecule has 1 saturated heterocycles. The Morgan fingerprint density at radius 3 is 1.69 bits per heavy atom. The minimum Gasteiger partial charge on any atom is -0.420 e. The highest BCUT2D eigenvalue weighted by molar-refractivity contribution is 6.80. The molecule has 0 aromatic carbocycles. The van der Waals surface area contributed by atoms with Gasteiger partial charge in [-0.05, 0) is 45.2 Å². The molecule has 0 radical (unpaired) electrons. The summed E-state index contributed by atoms with van der Waals surface area (Å²) in [6.45, 7) is 13.4. The second-order valence-corrected chi connectivity index (χ2v) is 18.8. The third kappa shape index (κ3) is 11.6. The second-order valence-electron chi connectivity index (χ2n) is 6.37. The van der Waals surface area contributed by atoms with E-state index in [1.54, 1.807) is 7.11 Å². The van der Waals surface area contributed by atoms with Gasteiger partial charge in [-0.2, -0.15) is 0 Å². The molecule has 1 fully saturated rings. The average Bonchev–Trinajstić information content (AvgIpc) is 2.51. The van der Waals surface area contributed by atoms with E-state index in [1.165, 1.54) is 0 Å². The van der Waals surface area contributed by atoms with E-state index in [0.29, 0.717) is 33.0 Å². The van der Waals surface area contributed by atoms with Crippen molar-refractivity contribution in [3.8, 4) is 0 Å². The first-order chi connectivity index (χ1) is 12.3. The highest BCUT2D eigenvalue weighted by Gasteiger charge is 2.38. The lowest BCUT2D eigenvalue weighted by atomic mass is 10.5. The smallest absolute Gasteiger partial charge is 0.317 e. The summed E-state index contributed by atoms with van der Waals surface area (Å²) in [5.74, 6) is 0. The molecule has 8 nitrogen and oxygen atoms in total. The van der Waals surface area contributed by atoms with Gasteiger partial charge in [0.05, 0.1) is 26.4 Å². The zero-order valence-corrected chi connectivity index (χ0v) is 22.6. The molecule has 0 aromatic heterocycles. The van der Waals surface area contributed by atoms with Gasteiger partial charge in [0.1, 0.15) is 0 Å². The molecule has 0 unspecified atom stereocenters. The van der Waals surface area contributed by atoms with Crippen molar-refractivity contribution >= 4 is 45.7 Å². The first-order valence-electron chi connectivity index (χ1n) is 9.31. The molecule has 1 heterocycles. The SMILES string of the molecule is COCCOCCOCCC[Si]1(C)O[Si@@H](C)O[Si@H](C)O[Si@@H](C)O[Si@H](C)O1. The van der Waals surface area contributed by atoms with Gasteiger partial charge >= 0.3 is 8.56 Å². The van der Waals surface area contributed by atoms with Gasteiger partial charge < -0.3 is 34.8 Å². The average molecular weight is 461 g/mol. The molecular formula is C13H36O8Si5. The molecule has 0 spiro atoms. The molecule has 156 valence electrons. The van der Waals surface area contributed by atoms with Gasteiger partial charge in [0, 0.05) is 13.7 Å². The van der Waals surface area contributed by atoms with Gasteiger partial charge in [0.25, 0.3) is 37.1 Å². The third-order valence-electron chi connectivity index (χ3n) is 3.70. The van der Waals surface area contributed by atoms with Crippen molar-refractivity contribution in [2.75, 3.05) is 40.1 Å². The fourth-order valence-corrected chi connectivity index (χ4v) is 20.4. The minimum atomic E-state index is -2.31. The molecular weight excluding hydrogens is 425 g/mol. The van der Waals surface area contributed by atoms with Gasteiger partial charge in [0.15, 0.2) is 0 Å². The number of ether oxygens (including phenoxy) is 3. The molecule has 4 atom stereocenters. The molecule has 1 aliphatic rings. The van der Waals surface area contributed by atoms with E-state index < -0.39 is 45.7 Å². The van der Waals surface area contributed by atoms with Crippen LogP contribution in [0.1, 0.15) is 6.42 Å². The molecule has 0 saturated carbocycles. The van der Waals surface area contributed by atoms with E-state index in [0.717, 1.165) is 12.5 Å². The van der Waals surface area contributed by atoms with E-state index in [1.807, 2.05) is 0 Å². The fraction of sp³-hybridized carbons (Fsp3) is 1.00. The van der Waals surface area contributed by atoms with E-state index in [9.17, 15) is 0 Å². The molecule has 0 bridgehead atoms. The molecule has 0 aromatic rings. The summed E-state index contributed by atoms with van der Waals surface area (Å²) in [7, 11) is -7.46. The van der Waals surface area contributed by atoms with Crippen LogP contribution in [0, 0.1) is 0 Å². The van der Waals surface area contributed by atoms with E-state index in [4.69, 9.17) is 34.8 Å². The van der Waals surface area contributed by atoms with Crippen LogP contribution >= 0.6 is 0 Å². The summed E-state index contributed by atoms with van der Waals surface area (Å²) in [6.07, 6.45) is 0.902. The highest BCUT2D eigenvalue weighted by atomic mass is 28.5. The summed E-state index contributed by atoms with van der Waals surface area (Å²) >= 11 is 0. The van der Waals surface area contributed by atoms with Crippen LogP contribution < -0.4 is 0 Å². The largest absolute Gasteiger partial charge is 0.420 e. The summed E-state index contributed by atoms with van der Waals surface area (Å²) in [5.41, 5.74) is 0. The maximum absolute atomic E-state index is 6.33. The topological polar surface area (TPSA) is 73.8 Å². The molecule has 13 heteroatoms. The summed E-state index contributed by atoms with van der Waals surface area (Å²) in [6, 6.07) is 0.881. The van der Waals surface area contributed by atoms with Gasteiger partial charge in [0.2, 0.25) is 0 Å². The van der Waals surface area contributed by atoms with Crippen molar-refractivity contribution in [1.29, 1.82) is 0 Å². The van der Waals surface area contributed by atoms with Crippen LogP contribution in [0.2, 0.25) is 38.8 Å². The Kier molecular flexibility index (Phi) is 13.2. The highest BCUT2D eigenvalue weighted by Crippen LogP contribution is 2.21. The van der Waals surface area contributed by atoms with Crippen LogP contribution in [0.5, 0.6) is 0 Å². The zero-order valence-electron chi connectivity index (χ0n) is 17.0. The Morgan fingerprint density at radius 1 is 0.692 bits per heavy atom. The third-order valence-corrected chi connectivity index (χ3v) is 20.8. The Labute approximate surface area is 166 Å². The number of methoxy groups -OCH3 is 1. The Bertz CT molecular complexity index is 351. The minimum absolute atomic E-state index is 0.589. The van der Waals surface area contributed by atoms with Gasteiger partial charge in [-0.3, -0.25) is 0 Å². The monoisotopic (exact) mass is 460 g/mol. The molecule has 26 heavy (non-hydrogen) atoms. The van der Waals surface area contributed by atoms with Crippen LogP contribution in [0.3, 0.4) is 0 Å². The summed E-state index contributed by atoms with van der Waals surface area (Å²) < 4.78 is 46.5. The first kappa shape index (κ1) is 24.8. The Morgan fingerprint density at radius 2 is 1.15 bits per heavy atom. The summed E-state index contributed by atoms with van der Waals surface area (Å²) in [5, 5.41) is 0. The molecule has 1 aliphatic heterocycles. The first-order valence-corrected chi connectivity index (χ1v) is 20.2. The number of hydrogen-bond acceptors (Lipinski definition) is 8. The predicted octanol–water partition coefficient (Wildman–Crippen LogP) is 0.626. The van der Waals surface area contributed by atoms with Crippen molar-refractivity contribution in [2.24, 2.45) is 0 Å². The van der Waals surface area contributed by atoms with E-state index >= 15 is 0 Å². The van der Waals surface area contributed by atoms with Crippen molar-refractivity contribution in [2.45, 2.75) is 45.2 Å². The molecule has 0 amide bonds. The van der Waals surface area contributed by atoms with E-state index in [-0.39, 0.29) is 0 Å². The quantitative estimate of drug-likeness (QED) is 0.347. The maximum Gasteiger partial charge on any atom is 0.317 e. The van der Waals surface area contributed by atoms with Gasteiger partial charge in [-0.25, -0.2) is 0 Å². The predicted molar refractivity (Wildman–Crippen MR) is 112 cm³/mol. The number of rotatable bonds is 10. The van der Waals surface area contributed by atoms with Gasteiger partial charge in [-0.1, -0.05) is 0 Å². The van der Waals surface area contributed by atoms with Crippen molar-refractivity contribution in [3.05, 3.63) is 0 Å². The fourth-order valence-electron chi connectivity index (χ4n) is 2.74. The standard InChI is InChI=1S/C13H36O8Si5/c1-14-9-10-16-12-11-15-8-7-13-26(6)20-24(4)18-22(2)17-23(3)19-25(5)21-26/h22-25H,7-13H2,1-6H3/t22-,23-,24+,25+/m1/s1. The molecule has 1 rings (SSSR count). The van der Waals surface area contributed by atoms with Crippen molar-refractivity contribution in [1.82, 2.24) is 0 Å². The number of hydrogen-bond donors (Lipinski definition) is 0. The van der Waals surface area contributed by atoms with Crippen LogP contribution in [-0.4, -0.2) is 85.8 Å². The van der Waals surface area contributed by atoms with Crippen LogP contribution in [-0.2, 0) is 34.8 Å². The zero-order chi connectivity index (χ0) is 19.4. The molecule has 0 N–H and O–H groups in total. The Hall–Kier alpha value is 0.764. The van der Waals surface area contributed by atoms with Crippen molar-refractivity contribution < 1.29 is 34.8 Å². The maximum atomic E-state index is 6.33. The van der Waals surface area contributed by atoms with E-state index in [2.05, 4.69) is 32.7 Å².